The van der Waals surface area contributed by atoms with Gasteiger partial charge in [0.05, 0.1) is 6.54 Å². The average molecular weight is 375 g/mol. The van der Waals surface area contributed by atoms with Crippen molar-refractivity contribution in [3.05, 3.63) is 29.3 Å². The first-order valence-corrected chi connectivity index (χ1v) is 10.1. The number of piperazine rings is 1. The average Bonchev–Trinajstić information content (AvgIpc) is 2.65. The van der Waals surface area contributed by atoms with Gasteiger partial charge in [-0.2, -0.15) is 0 Å². The van der Waals surface area contributed by atoms with Crippen molar-refractivity contribution >= 4 is 17.5 Å². The zero-order valence-corrected chi connectivity index (χ0v) is 16.8. The van der Waals surface area contributed by atoms with Crippen molar-refractivity contribution in [1.29, 1.82) is 0 Å². The van der Waals surface area contributed by atoms with E-state index in [4.69, 9.17) is 5.73 Å². The molecule has 27 heavy (non-hydrogen) atoms. The SMILES string of the molecule is Cc1cccc(NC(=O)CN2CCN(C(=O)CCCCCCN)CC2)c1C. The van der Waals surface area contributed by atoms with Crippen molar-refractivity contribution in [3.8, 4) is 0 Å². The van der Waals surface area contributed by atoms with E-state index < -0.39 is 0 Å². The third-order valence-electron chi connectivity index (χ3n) is 5.32. The minimum Gasteiger partial charge on any atom is -0.340 e. The van der Waals surface area contributed by atoms with Crippen molar-refractivity contribution in [1.82, 2.24) is 9.80 Å². The van der Waals surface area contributed by atoms with Crippen molar-refractivity contribution in [3.63, 3.8) is 0 Å². The molecule has 1 heterocycles. The van der Waals surface area contributed by atoms with Crippen LogP contribution < -0.4 is 11.1 Å². The first-order chi connectivity index (χ1) is 13.0. The largest absolute Gasteiger partial charge is 0.340 e. The maximum Gasteiger partial charge on any atom is 0.238 e. The minimum atomic E-state index is 0.00313. The van der Waals surface area contributed by atoms with Crippen LogP contribution in [0.15, 0.2) is 18.2 Å². The second-order valence-corrected chi connectivity index (χ2v) is 7.41. The van der Waals surface area contributed by atoms with E-state index in [9.17, 15) is 9.59 Å². The number of amides is 2. The van der Waals surface area contributed by atoms with Crippen LogP contribution in [0.25, 0.3) is 0 Å². The van der Waals surface area contributed by atoms with Crippen LogP contribution in [-0.2, 0) is 9.59 Å². The molecule has 1 fully saturated rings. The highest BCUT2D eigenvalue weighted by molar-refractivity contribution is 5.93. The van der Waals surface area contributed by atoms with Gasteiger partial charge in [-0.3, -0.25) is 14.5 Å². The Balaban J connectivity index is 1.68. The molecule has 1 aromatic carbocycles. The second-order valence-electron chi connectivity index (χ2n) is 7.41. The third kappa shape index (κ3) is 6.96. The van der Waals surface area contributed by atoms with Gasteiger partial charge in [0.25, 0.3) is 0 Å². The zero-order valence-electron chi connectivity index (χ0n) is 16.8. The Kier molecular flexibility index (Phi) is 8.75. The fraction of sp³-hybridized carbons (Fsp3) is 0.619. The molecule has 0 radical (unpaired) electrons. The fourth-order valence-corrected chi connectivity index (χ4v) is 3.37. The van der Waals surface area contributed by atoms with Crippen molar-refractivity contribution < 1.29 is 9.59 Å². The normalized spacial score (nSPS) is 15.0. The number of carbonyl (C=O) groups is 2. The predicted molar refractivity (Wildman–Crippen MR) is 110 cm³/mol. The number of unbranched alkanes of at least 4 members (excludes halogenated alkanes) is 3. The summed E-state index contributed by atoms with van der Waals surface area (Å²) >= 11 is 0. The van der Waals surface area contributed by atoms with Gasteiger partial charge >= 0.3 is 0 Å². The predicted octanol–water partition coefficient (Wildman–Crippen LogP) is 2.30. The molecular weight excluding hydrogens is 340 g/mol. The number of benzene rings is 1. The summed E-state index contributed by atoms with van der Waals surface area (Å²) in [4.78, 5) is 28.7. The lowest BCUT2D eigenvalue weighted by Gasteiger charge is -2.34. The molecule has 1 aliphatic rings. The molecule has 0 atom stereocenters. The molecule has 6 heteroatoms. The Morgan fingerprint density at radius 3 is 2.44 bits per heavy atom. The van der Waals surface area contributed by atoms with E-state index in [0.29, 0.717) is 26.1 Å². The van der Waals surface area contributed by atoms with E-state index in [1.807, 2.05) is 36.9 Å². The number of aryl methyl sites for hydroxylation is 1. The van der Waals surface area contributed by atoms with Gasteiger partial charge < -0.3 is 16.0 Å². The van der Waals surface area contributed by atoms with Gasteiger partial charge in [-0.25, -0.2) is 0 Å². The Morgan fingerprint density at radius 1 is 1.04 bits per heavy atom. The number of nitrogens with two attached hydrogens (primary N) is 1. The Morgan fingerprint density at radius 2 is 1.74 bits per heavy atom. The number of carbonyl (C=O) groups excluding carboxylic acids is 2. The van der Waals surface area contributed by atoms with Crippen LogP contribution in [0.1, 0.15) is 43.2 Å². The van der Waals surface area contributed by atoms with Gasteiger partial charge in [-0.15, -0.1) is 0 Å². The van der Waals surface area contributed by atoms with Gasteiger partial charge in [-0.05, 0) is 50.4 Å². The van der Waals surface area contributed by atoms with Gasteiger partial charge in [0, 0.05) is 38.3 Å². The number of hydrogen-bond acceptors (Lipinski definition) is 4. The highest BCUT2D eigenvalue weighted by Gasteiger charge is 2.22. The molecule has 2 amide bonds. The second kappa shape index (κ2) is 11.0. The lowest BCUT2D eigenvalue weighted by atomic mass is 10.1. The molecule has 0 aromatic heterocycles. The number of rotatable bonds is 9. The summed E-state index contributed by atoms with van der Waals surface area (Å²) in [5, 5.41) is 3.01. The van der Waals surface area contributed by atoms with Crippen molar-refractivity contribution in [2.24, 2.45) is 5.73 Å². The summed E-state index contributed by atoms with van der Waals surface area (Å²) in [5.74, 6) is 0.241. The first kappa shape index (κ1) is 21.4. The van der Waals surface area contributed by atoms with Gasteiger partial charge in [0.2, 0.25) is 11.8 Å². The van der Waals surface area contributed by atoms with E-state index >= 15 is 0 Å². The lowest BCUT2D eigenvalue weighted by molar-refractivity contribution is -0.133. The topological polar surface area (TPSA) is 78.7 Å². The smallest absolute Gasteiger partial charge is 0.238 e. The summed E-state index contributed by atoms with van der Waals surface area (Å²) in [7, 11) is 0. The maximum absolute atomic E-state index is 12.3. The number of nitrogens with zero attached hydrogens (tertiary/aromatic N) is 2. The quantitative estimate of drug-likeness (QED) is 0.650. The molecule has 0 bridgehead atoms. The fourth-order valence-electron chi connectivity index (χ4n) is 3.37. The molecular formula is C21H34N4O2. The molecule has 0 saturated carbocycles. The van der Waals surface area contributed by atoms with Crippen LogP contribution in [0.4, 0.5) is 5.69 Å². The van der Waals surface area contributed by atoms with Crippen LogP contribution >= 0.6 is 0 Å². The third-order valence-corrected chi connectivity index (χ3v) is 5.32. The highest BCUT2D eigenvalue weighted by atomic mass is 16.2. The number of anilines is 1. The van der Waals surface area contributed by atoms with Crippen LogP contribution in [-0.4, -0.2) is 60.9 Å². The van der Waals surface area contributed by atoms with Gasteiger partial charge in [0.15, 0.2) is 0 Å². The van der Waals surface area contributed by atoms with Crippen LogP contribution in [0, 0.1) is 13.8 Å². The lowest BCUT2D eigenvalue weighted by Crippen LogP contribution is -2.50. The zero-order chi connectivity index (χ0) is 19.6. The monoisotopic (exact) mass is 374 g/mol. The summed E-state index contributed by atoms with van der Waals surface area (Å²) in [6.07, 6.45) is 4.78. The molecule has 0 spiro atoms. The molecule has 1 saturated heterocycles. The summed E-state index contributed by atoms with van der Waals surface area (Å²) in [5.41, 5.74) is 8.64. The van der Waals surface area contributed by atoms with Crippen molar-refractivity contribution in [2.75, 3.05) is 44.6 Å². The molecule has 6 nitrogen and oxygen atoms in total. The van der Waals surface area contributed by atoms with Crippen LogP contribution in [0.2, 0.25) is 0 Å². The van der Waals surface area contributed by atoms with Crippen molar-refractivity contribution in [2.45, 2.75) is 46.0 Å². The van der Waals surface area contributed by atoms with E-state index in [1.165, 1.54) is 5.56 Å². The van der Waals surface area contributed by atoms with Crippen LogP contribution in [0.3, 0.4) is 0 Å². The molecule has 1 aromatic rings. The van der Waals surface area contributed by atoms with Crippen LogP contribution in [0.5, 0.6) is 0 Å². The van der Waals surface area contributed by atoms with Gasteiger partial charge in [-0.1, -0.05) is 25.0 Å². The number of nitrogens with one attached hydrogen (secondary N) is 1. The highest BCUT2D eigenvalue weighted by Crippen LogP contribution is 2.18. The Hall–Kier alpha value is -1.92. The summed E-state index contributed by atoms with van der Waals surface area (Å²) in [6.45, 7) is 8.07. The van der Waals surface area contributed by atoms with E-state index in [2.05, 4.69) is 10.2 Å². The molecule has 0 aliphatic carbocycles. The molecule has 150 valence electrons. The standard InChI is InChI=1S/C21H34N4O2/c1-17-8-7-9-19(18(17)2)23-20(26)16-24-12-14-25(15-13-24)21(27)10-5-3-4-6-11-22/h7-9H,3-6,10-16,22H2,1-2H3,(H,23,26). The number of hydrogen-bond donors (Lipinski definition) is 2. The molecule has 1 aliphatic heterocycles. The Bertz CT molecular complexity index is 625. The van der Waals surface area contributed by atoms with E-state index in [0.717, 1.165) is 56.6 Å². The summed E-state index contributed by atoms with van der Waals surface area (Å²) < 4.78 is 0. The molecule has 2 rings (SSSR count). The first-order valence-electron chi connectivity index (χ1n) is 10.1. The van der Waals surface area contributed by atoms with Gasteiger partial charge in [0.1, 0.15) is 0 Å². The van der Waals surface area contributed by atoms with E-state index in [1.54, 1.807) is 0 Å². The Labute approximate surface area is 163 Å². The molecule has 0 unspecified atom stereocenters. The maximum atomic E-state index is 12.3. The minimum absolute atomic E-state index is 0.00313. The molecule has 3 N–H and O–H groups in total. The summed E-state index contributed by atoms with van der Waals surface area (Å²) in [6, 6.07) is 5.93. The van der Waals surface area contributed by atoms with E-state index in [-0.39, 0.29) is 11.8 Å².